The first kappa shape index (κ1) is 15.1. The van der Waals surface area contributed by atoms with Gasteiger partial charge in [0.2, 0.25) is 5.91 Å². The number of anilines is 1. The molecule has 1 aromatic rings. The molecule has 0 aromatic carbocycles. The van der Waals surface area contributed by atoms with Crippen LogP contribution in [0, 0.1) is 5.92 Å². The molecule has 0 saturated carbocycles. The number of carboxylic acids is 1. The van der Waals surface area contributed by atoms with E-state index in [1.807, 2.05) is 0 Å². The lowest BCUT2D eigenvalue weighted by Gasteiger charge is -2.09. The fourth-order valence-corrected chi connectivity index (χ4v) is 2.04. The molecular formula is C11H15N3O4S. The van der Waals surface area contributed by atoms with Gasteiger partial charge in [-0.15, -0.1) is 11.3 Å². The first-order chi connectivity index (χ1) is 8.93. The highest BCUT2D eigenvalue weighted by atomic mass is 32.1. The highest BCUT2D eigenvalue weighted by molar-refractivity contribution is 7.14. The van der Waals surface area contributed by atoms with Gasteiger partial charge in [0.25, 0.3) is 5.91 Å². The van der Waals surface area contributed by atoms with Crippen molar-refractivity contribution in [2.24, 2.45) is 5.92 Å². The molecule has 104 valence electrons. The van der Waals surface area contributed by atoms with E-state index in [4.69, 9.17) is 5.11 Å². The average molecular weight is 285 g/mol. The predicted molar refractivity (Wildman–Crippen MR) is 70.2 cm³/mol. The van der Waals surface area contributed by atoms with Crippen LogP contribution in [-0.4, -0.2) is 34.4 Å². The Morgan fingerprint density at radius 1 is 1.47 bits per heavy atom. The number of carbonyl (C=O) groups excluding carboxylic acids is 2. The van der Waals surface area contributed by atoms with Crippen LogP contribution in [0.3, 0.4) is 0 Å². The quantitative estimate of drug-likeness (QED) is 0.721. The zero-order valence-electron chi connectivity index (χ0n) is 10.6. The normalized spacial score (nSPS) is 11.7. The van der Waals surface area contributed by atoms with Crippen LogP contribution in [-0.2, 0) is 9.59 Å². The molecule has 7 nitrogen and oxygen atoms in total. The molecule has 1 unspecified atom stereocenters. The number of aromatic nitrogens is 1. The van der Waals surface area contributed by atoms with Gasteiger partial charge in [0.15, 0.2) is 5.13 Å². The fourth-order valence-electron chi connectivity index (χ4n) is 1.30. The molecule has 1 rings (SSSR count). The second-order valence-corrected chi connectivity index (χ2v) is 4.73. The molecule has 0 spiro atoms. The van der Waals surface area contributed by atoms with Crippen molar-refractivity contribution in [3.05, 3.63) is 11.1 Å². The summed E-state index contributed by atoms with van der Waals surface area (Å²) in [4.78, 5) is 37.2. The summed E-state index contributed by atoms with van der Waals surface area (Å²) in [5.74, 6) is -2.27. The maximum absolute atomic E-state index is 11.7. The molecule has 0 aliphatic heterocycles. The van der Waals surface area contributed by atoms with E-state index in [2.05, 4.69) is 15.6 Å². The maximum Gasteiger partial charge on any atom is 0.308 e. The van der Waals surface area contributed by atoms with E-state index in [1.54, 1.807) is 6.92 Å². The number of hydrogen-bond acceptors (Lipinski definition) is 5. The second kappa shape index (κ2) is 6.83. The van der Waals surface area contributed by atoms with Crippen molar-refractivity contribution in [2.45, 2.75) is 20.3 Å². The summed E-state index contributed by atoms with van der Waals surface area (Å²) in [6.07, 6.45) is 0.434. The highest BCUT2D eigenvalue weighted by Crippen LogP contribution is 2.15. The Bertz CT molecular complexity index is 486. The van der Waals surface area contributed by atoms with E-state index < -0.39 is 17.8 Å². The van der Waals surface area contributed by atoms with Gasteiger partial charge >= 0.3 is 5.97 Å². The summed E-state index contributed by atoms with van der Waals surface area (Å²) in [6, 6.07) is 0. The lowest BCUT2D eigenvalue weighted by molar-refractivity contribution is -0.141. The minimum atomic E-state index is -0.944. The van der Waals surface area contributed by atoms with Crippen LogP contribution < -0.4 is 10.6 Å². The molecule has 0 aliphatic carbocycles. The Labute approximate surface area is 114 Å². The minimum Gasteiger partial charge on any atom is -0.481 e. The molecule has 1 aromatic heterocycles. The molecular weight excluding hydrogens is 270 g/mol. The minimum absolute atomic E-state index is 0.0532. The third kappa shape index (κ3) is 4.66. The SMILES string of the molecule is CCC(CNC(=O)c1csc(NC(C)=O)n1)C(=O)O. The lowest BCUT2D eigenvalue weighted by atomic mass is 10.1. The van der Waals surface area contributed by atoms with Crippen molar-refractivity contribution in [1.82, 2.24) is 10.3 Å². The Kier molecular flexibility index (Phi) is 5.43. The Morgan fingerprint density at radius 2 is 2.16 bits per heavy atom. The first-order valence-electron chi connectivity index (χ1n) is 5.68. The summed E-state index contributed by atoms with van der Waals surface area (Å²) >= 11 is 1.13. The van der Waals surface area contributed by atoms with Gasteiger partial charge in [-0.2, -0.15) is 0 Å². The molecule has 0 radical (unpaired) electrons. The molecule has 8 heteroatoms. The number of carboxylic acid groups (broad SMARTS) is 1. The second-order valence-electron chi connectivity index (χ2n) is 3.87. The van der Waals surface area contributed by atoms with Crippen molar-refractivity contribution in [2.75, 3.05) is 11.9 Å². The topological polar surface area (TPSA) is 108 Å². The van der Waals surface area contributed by atoms with Gasteiger partial charge < -0.3 is 15.7 Å². The molecule has 0 aliphatic rings. The van der Waals surface area contributed by atoms with E-state index in [-0.39, 0.29) is 18.1 Å². The van der Waals surface area contributed by atoms with Crippen molar-refractivity contribution in [3.8, 4) is 0 Å². The molecule has 1 heterocycles. The van der Waals surface area contributed by atoms with E-state index in [1.165, 1.54) is 12.3 Å². The number of amides is 2. The predicted octanol–water partition coefficient (Wildman–Crippen LogP) is 0.942. The number of thiazole rings is 1. The van der Waals surface area contributed by atoms with Crippen LogP contribution in [0.5, 0.6) is 0 Å². The monoisotopic (exact) mass is 285 g/mol. The van der Waals surface area contributed by atoms with Crippen LogP contribution in [0.15, 0.2) is 5.38 Å². The van der Waals surface area contributed by atoms with E-state index in [9.17, 15) is 14.4 Å². The zero-order chi connectivity index (χ0) is 14.4. The highest BCUT2D eigenvalue weighted by Gasteiger charge is 2.17. The van der Waals surface area contributed by atoms with Crippen LogP contribution in [0.25, 0.3) is 0 Å². The Morgan fingerprint density at radius 3 is 2.68 bits per heavy atom. The number of nitrogens with zero attached hydrogens (tertiary/aromatic N) is 1. The average Bonchev–Trinajstić information content (AvgIpc) is 2.76. The van der Waals surface area contributed by atoms with Crippen LogP contribution >= 0.6 is 11.3 Å². The van der Waals surface area contributed by atoms with Gasteiger partial charge in [-0.05, 0) is 6.42 Å². The Hall–Kier alpha value is -1.96. The van der Waals surface area contributed by atoms with E-state index >= 15 is 0 Å². The molecule has 1 atom stereocenters. The zero-order valence-corrected chi connectivity index (χ0v) is 11.4. The van der Waals surface area contributed by atoms with Crippen molar-refractivity contribution < 1.29 is 19.5 Å². The van der Waals surface area contributed by atoms with Crippen LogP contribution in [0.1, 0.15) is 30.8 Å². The smallest absolute Gasteiger partial charge is 0.308 e. The fraction of sp³-hybridized carbons (Fsp3) is 0.455. The van der Waals surface area contributed by atoms with Gasteiger partial charge in [-0.3, -0.25) is 14.4 Å². The van der Waals surface area contributed by atoms with E-state index in [0.717, 1.165) is 11.3 Å². The van der Waals surface area contributed by atoms with Crippen LogP contribution in [0.4, 0.5) is 5.13 Å². The number of carbonyl (C=O) groups is 3. The first-order valence-corrected chi connectivity index (χ1v) is 6.56. The largest absolute Gasteiger partial charge is 0.481 e. The standard InChI is InChI=1S/C11H15N3O4S/c1-3-7(10(17)18)4-12-9(16)8-5-19-11(14-8)13-6(2)15/h5,7H,3-4H2,1-2H3,(H,12,16)(H,17,18)(H,13,14,15). The summed E-state index contributed by atoms with van der Waals surface area (Å²) in [6.45, 7) is 3.14. The van der Waals surface area contributed by atoms with Gasteiger partial charge in [0, 0.05) is 18.8 Å². The van der Waals surface area contributed by atoms with Gasteiger partial charge in [0.1, 0.15) is 5.69 Å². The van der Waals surface area contributed by atoms with Crippen LogP contribution in [0.2, 0.25) is 0 Å². The lowest BCUT2D eigenvalue weighted by Crippen LogP contribution is -2.32. The summed E-state index contributed by atoms with van der Waals surface area (Å²) in [5, 5.41) is 15.7. The molecule has 3 N–H and O–H groups in total. The number of nitrogens with one attached hydrogen (secondary N) is 2. The van der Waals surface area contributed by atoms with Gasteiger partial charge in [0.05, 0.1) is 5.92 Å². The van der Waals surface area contributed by atoms with Crippen molar-refractivity contribution >= 4 is 34.3 Å². The van der Waals surface area contributed by atoms with Gasteiger partial charge in [-0.25, -0.2) is 4.98 Å². The van der Waals surface area contributed by atoms with E-state index in [0.29, 0.717) is 11.6 Å². The summed E-state index contributed by atoms with van der Waals surface area (Å²) < 4.78 is 0. The molecule has 0 saturated heterocycles. The molecule has 0 bridgehead atoms. The van der Waals surface area contributed by atoms with Crippen molar-refractivity contribution in [3.63, 3.8) is 0 Å². The number of hydrogen-bond donors (Lipinski definition) is 3. The third-order valence-corrected chi connectivity index (χ3v) is 3.13. The summed E-state index contributed by atoms with van der Waals surface area (Å²) in [5.41, 5.74) is 0.161. The Balaban J connectivity index is 2.56. The molecule has 19 heavy (non-hydrogen) atoms. The summed E-state index contributed by atoms with van der Waals surface area (Å²) in [7, 11) is 0. The number of aliphatic carboxylic acids is 1. The third-order valence-electron chi connectivity index (χ3n) is 2.37. The maximum atomic E-state index is 11.7. The number of rotatable bonds is 6. The molecule has 2 amide bonds. The molecule has 0 fully saturated rings. The van der Waals surface area contributed by atoms with Gasteiger partial charge in [-0.1, -0.05) is 6.92 Å². The van der Waals surface area contributed by atoms with Crippen molar-refractivity contribution in [1.29, 1.82) is 0 Å².